The standard InChI is InChI=1S/C14H19N3O2/c1-8-12(18-3)6-5-10(14(8)19-4)13-11(7-15)16-9(2)17-13/h5-6H,7,15H2,1-4H3,(H,16,17). The lowest BCUT2D eigenvalue weighted by Crippen LogP contribution is -2.01. The topological polar surface area (TPSA) is 73.2 Å². The number of hydrogen-bond acceptors (Lipinski definition) is 4. The van der Waals surface area contributed by atoms with Crippen LogP contribution in [0.2, 0.25) is 0 Å². The van der Waals surface area contributed by atoms with Crippen molar-refractivity contribution in [2.45, 2.75) is 20.4 Å². The Labute approximate surface area is 112 Å². The average molecular weight is 261 g/mol. The lowest BCUT2D eigenvalue weighted by molar-refractivity contribution is 0.390. The Kier molecular flexibility index (Phi) is 3.76. The van der Waals surface area contributed by atoms with Gasteiger partial charge in [-0.3, -0.25) is 0 Å². The molecule has 0 amide bonds. The SMILES string of the molecule is COc1ccc(-c2nc(C)[nH]c2CN)c(OC)c1C. The van der Waals surface area contributed by atoms with Gasteiger partial charge < -0.3 is 20.2 Å². The molecule has 3 N–H and O–H groups in total. The molecule has 5 nitrogen and oxygen atoms in total. The van der Waals surface area contributed by atoms with Crippen LogP contribution in [0.1, 0.15) is 17.1 Å². The third kappa shape index (κ3) is 2.29. The Morgan fingerprint density at radius 3 is 2.53 bits per heavy atom. The summed E-state index contributed by atoms with van der Waals surface area (Å²) in [6.07, 6.45) is 0. The molecule has 0 radical (unpaired) electrons. The molecule has 1 aromatic carbocycles. The van der Waals surface area contributed by atoms with Crippen molar-refractivity contribution in [3.05, 3.63) is 29.2 Å². The van der Waals surface area contributed by atoms with E-state index < -0.39 is 0 Å². The highest BCUT2D eigenvalue weighted by atomic mass is 16.5. The molecule has 0 spiro atoms. The van der Waals surface area contributed by atoms with Crippen LogP contribution in [0.25, 0.3) is 11.3 Å². The molecule has 5 heteroatoms. The van der Waals surface area contributed by atoms with Gasteiger partial charge in [-0.15, -0.1) is 0 Å². The number of nitrogens with one attached hydrogen (secondary N) is 1. The molecule has 0 atom stereocenters. The predicted molar refractivity (Wildman–Crippen MR) is 74.5 cm³/mol. The smallest absolute Gasteiger partial charge is 0.134 e. The van der Waals surface area contributed by atoms with Crippen molar-refractivity contribution in [1.82, 2.24) is 9.97 Å². The Balaban J connectivity index is 2.65. The maximum Gasteiger partial charge on any atom is 0.134 e. The van der Waals surface area contributed by atoms with Crippen molar-refractivity contribution in [2.24, 2.45) is 5.73 Å². The van der Waals surface area contributed by atoms with Crippen LogP contribution in [0.4, 0.5) is 0 Å². The van der Waals surface area contributed by atoms with Gasteiger partial charge in [-0.1, -0.05) is 0 Å². The number of hydrogen-bond donors (Lipinski definition) is 2. The van der Waals surface area contributed by atoms with Crippen molar-refractivity contribution in [1.29, 1.82) is 0 Å². The molecule has 2 rings (SSSR count). The second-order valence-electron chi connectivity index (χ2n) is 4.33. The van der Waals surface area contributed by atoms with Crippen LogP contribution in [0.3, 0.4) is 0 Å². The van der Waals surface area contributed by atoms with E-state index in [1.54, 1.807) is 14.2 Å². The maximum atomic E-state index is 5.75. The minimum absolute atomic E-state index is 0.407. The number of aryl methyl sites for hydroxylation is 1. The third-order valence-electron chi connectivity index (χ3n) is 3.14. The number of ether oxygens (including phenoxy) is 2. The van der Waals surface area contributed by atoms with Crippen LogP contribution in [0.15, 0.2) is 12.1 Å². The molecule has 0 bridgehead atoms. The lowest BCUT2D eigenvalue weighted by Gasteiger charge is -2.14. The van der Waals surface area contributed by atoms with Crippen molar-refractivity contribution >= 4 is 0 Å². The molecule has 0 saturated heterocycles. The Bertz CT molecular complexity index is 591. The molecule has 102 valence electrons. The van der Waals surface area contributed by atoms with Crippen LogP contribution < -0.4 is 15.2 Å². The van der Waals surface area contributed by atoms with E-state index in [4.69, 9.17) is 15.2 Å². The number of nitrogens with zero attached hydrogens (tertiary/aromatic N) is 1. The van der Waals surface area contributed by atoms with Crippen LogP contribution in [-0.2, 0) is 6.54 Å². The molecule has 0 saturated carbocycles. The highest BCUT2D eigenvalue weighted by Crippen LogP contribution is 2.38. The van der Waals surface area contributed by atoms with Gasteiger partial charge in [-0.05, 0) is 26.0 Å². The van der Waals surface area contributed by atoms with E-state index in [1.807, 2.05) is 26.0 Å². The molecule has 0 aliphatic rings. The number of aromatic amines is 1. The predicted octanol–water partition coefficient (Wildman–Crippen LogP) is 2.17. The van der Waals surface area contributed by atoms with Crippen molar-refractivity contribution in [2.75, 3.05) is 14.2 Å². The van der Waals surface area contributed by atoms with Gasteiger partial charge in [0, 0.05) is 17.7 Å². The molecule has 0 aliphatic heterocycles. The number of rotatable bonds is 4. The molecule has 2 aromatic rings. The monoisotopic (exact) mass is 261 g/mol. The number of nitrogens with two attached hydrogens (primary N) is 1. The van der Waals surface area contributed by atoms with Crippen LogP contribution in [0, 0.1) is 13.8 Å². The van der Waals surface area contributed by atoms with Gasteiger partial charge >= 0.3 is 0 Å². The van der Waals surface area contributed by atoms with E-state index in [2.05, 4.69) is 9.97 Å². The molecule has 0 aliphatic carbocycles. The van der Waals surface area contributed by atoms with Gasteiger partial charge in [0.25, 0.3) is 0 Å². The first-order valence-corrected chi connectivity index (χ1v) is 6.09. The first-order valence-electron chi connectivity index (χ1n) is 6.09. The minimum Gasteiger partial charge on any atom is -0.496 e. The molecule has 19 heavy (non-hydrogen) atoms. The molecule has 0 fully saturated rings. The highest BCUT2D eigenvalue weighted by molar-refractivity contribution is 5.73. The number of aromatic nitrogens is 2. The van der Waals surface area contributed by atoms with Gasteiger partial charge in [0.15, 0.2) is 0 Å². The van der Waals surface area contributed by atoms with Crippen molar-refractivity contribution in [3.63, 3.8) is 0 Å². The van der Waals surface area contributed by atoms with Gasteiger partial charge in [-0.25, -0.2) is 4.98 Å². The summed E-state index contributed by atoms with van der Waals surface area (Å²) in [6.45, 7) is 4.28. The van der Waals surface area contributed by atoms with E-state index in [0.717, 1.165) is 39.8 Å². The fraction of sp³-hybridized carbons (Fsp3) is 0.357. The van der Waals surface area contributed by atoms with E-state index in [-0.39, 0.29) is 0 Å². The van der Waals surface area contributed by atoms with E-state index >= 15 is 0 Å². The van der Waals surface area contributed by atoms with Gasteiger partial charge in [0.05, 0.1) is 25.6 Å². The quantitative estimate of drug-likeness (QED) is 0.884. The number of H-pyrrole nitrogens is 1. The van der Waals surface area contributed by atoms with Gasteiger partial charge in [0.1, 0.15) is 17.3 Å². The zero-order valence-electron chi connectivity index (χ0n) is 11.7. The zero-order chi connectivity index (χ0) is 14.0. The summed E-state index contributed by atoms with van der Waals surface area (Å²) >= 11 is 0. The van der Waals surface area contributed by atoms with Crippen LogP contribution >= 0.6 is 0 Å². The van der Waals surface area contributed by atoms with Crippen molar-refractivity contribution < 1.29 is 9.47 Å². The van der Waals surface area contributed by atoms with E-state index in [1.165, 1.54) is 0 Å². The minimum atomic E-state index is 0.407. The first-order chi connectivity index (χ1) is 9.12. The van der Waals surface area contributed by atoms with E-state index in [0.29, 0.717) is 6.54 Å². The number of imidazole rings is 1. The summed E-state index contributed by atoms with van der Waals surface area (Å²) in [4.78, 5) is 7.67. The zero-order valence-corrected chi connectivity index (χ0v) is 11.7. The summed E-state index contributed by atoms with van der Waals surface area (Å²) in [6, 6.07) is 3.86. The van der Waals surface area contributed by atoms with Crippen LogP contribution in [-0.4, -0.2) is 24.2 Å². The summed E-state index contributed by atoms with van der Waals surface area (Å²) in [7, 11) is 3.29. The first kappa shape index (κ1) is 13.4. The summed E-state index contributed by atoms with van der Waals surface area (Å²) in [5, 5.41) is 0. The largest absolute Gasteiger partial charge is 0.496 e. The van der Waals surface area contributed by atoms with Gasteiger partial charge in [0.2, 0.25) is 0 Å². The molecule has 0 unspecified atom stereocenters. The second-order valence-corrected chi connectivity index (χ2v) is 4.33. The molecule has 1 aromatic heterocycles. The lowest BCUT2D eigenvalue weighted by atomic mass is 10.0. The summed E-state index contributed by atoms with van der Waals surface area (Å²) in [5.74, 6) is 2.40. The van der Waals surface area contributed by atoms with E-state index in [9.17, 15) is 0 Å². The molecular formula is C14H19N3O2. The highest BCUT2D eigenvalue weighted by Gasteiger charge is 2.17. The maximum absolute atomic E-state index is 5.75. The number of benzene rings is 1. The third-order valence-corrected chi connectivity index (χ3v) is 3.14. The summed E-state index contributed by atoms with van der Waals surface area (Å²) < 4.78 is 10.8. The Morgan fingerprint density at radius 2 is 1.95 bits per heavy atom. The summed E-state index contributed by atoms with van der Waals surface area (Å²) in [5.41, 5.74) is 9.36. The fourth-order valence-electron chi connectivity index (χ4n) is 2.26. The van der Waals surface area contributed by atoms with Crippen LogP contribution in [0.5, 0.6) is 11.5 Å². The fourth-order valence-corrected chi connectivity index (χ4v) is 2.26. The molecule has 1 heterocycles. The Morgan fingerprint density at radius 1 is 1.21 bits per heavy atom. The number of methoxy groups -OCH3 is 2. The second kappa shape index (κ2) is 5.32. The average Bonchev–Trinajstić information content (AvgIpc) is 2.79. The van der Waals surface area contributed by atoms with Gasteiger partial charge in [-0.2, -0.15) is 0 Å². The molecular weight excluding hydrogens is 242 g/mol. The van der Waals surface area contributed by atoms with Crippen molar-refractivity contribution in [3.8, 4) is 22.8 Å². The normalized spacial score (nSPS) is 10.6. The Hall–Kier alpha value is -2.01.